The van der Waals surface area contributed by atoms with E-state index >= 15 is 0 Å². The van der Waals surface area contributed by atoms with Crippen LogP contribution in [0.4, 0.5) is 0 Å². The van der Waals surface area contributed by atoms with Crippen molar-refractivity contribution in [2.24, 2.45) is 5.92 Å². The van der Waals surface area contributed by atoms with Gasteiger partial charge in [-0.2, -0.15) is 0 Å². The molecular formula is C35H67N. The summed E-state index contributed by atoms with van der Waals surface area (Å²) in [6, 6.07) is 0. The maximum Gasteiger partial charge on any atom is -0.00183 e. The van der Waals surface area contributed by atoms with Gasteiger partial charge in [0.2, 0.25) is 0 Å². The Balaban J connectivity index is 1.88. The lowest BCUT2D eigenvalue weighted by Crippen LogP contribution is -2.20. The Morgan fingerprint density at radius 3 is 1.86 bits per heavy atom. The average molecular weight is 502 g/mol. The summed E-state index contributed by atoms with van der Waals surface area (Å²) in [5.74, 6) is 0.946. The molecule has 0 aliphatic carbocycles. The summed E-state index contributed by atoms with van der Waals surface area (Å²) in [6.07, 6.45) is 39.7. The van der Waals surface area contributed by atoms with Crippen LogP contribution >= 0.6 is 0 Å². The molecule has 36 heavy (non-hydrogen) atoms. The quantitative estimate of drug-likeness (QED) is 0.0798. The fourth-order valence-electron chi connectivity index (χ4n) is 5.95. The third kappa shape index (κ3) is 21.5. The number of nitrogens with zero attached hydrogens (tertiary/aromatic N) is 1. The molecule has 0 aromatic heterocycles. The van der Waals surface area contributed by atoms with Crippen LogP contribution in [0.15, 0.2) is 24.3 Å². The van der Waals surface area contributed by atoms with Crippen LogP contribution in [-0.4, -0.2) is 24.5 Å². The molecule has 1 aliphatic heterocycles. The molecule has 1 aliphatic rings. The van der Waals surface area contributed by atoms with Crippen molar-refractivity contribution < 1.29 is 0 Å². The van der Waals surface area contributed by atoms with E-state index in [9.17, 15) is 0 Å². The van der Waals surface area contributed by atoms with E-state index in [1.54, 1.807) is 0 Å². The summed E-state index contributed by atoms with van der Waals surface area (Å²) in [6.45, 7) is 13.2. The molecule has 1 nitrogen and oxygen atoms in total. The standard InChI is InChI=1S/C35H67N/c1-4-6-7-8-9-10-11-12-13-14-15-16-17-18-21-27-34(3)29-30-35(26-5-2)28-22-19-20-23-31-36-32-24-25-33-36/h9-10,35H,3-8,11-33H2,1-2H3/b10-9-. The number of unbranched alkanes of at least 4 members (excludes halogenated alkanes) is 14. The Hall–Kier alpha value is -0.560. The molecule has 1 rings (SSSR count). The second kappa shape index (κ2) is 26.1. The molecular weight excluding hydrogens is 434 g/mol. The van der Waals surface area contributed by atoms with E-state index in [0.29, 0.717) is 0 Å². The minimum Gasteiger partial charge on any atom is -0.303 e. The van der Waals surface area contributed by atoms with Crippen LogP contribution in [-0.2, 0) is 0 Å². The van der Waals surface area contributed by atoms with Crippen LogP contribution < -0.4 is 0 Å². The van der Waals surface area contributed by atoms with Gasteiger partial charge >= 0.3 is 0 Å². The van der Waals surface area contributed by atoms with E-state index in [0.717, 1.165) is 5.92 Å². The molecule has 1 unspecified atom stereocenters. The minimum absolute atomic E-state index is 0.946. The summed E-state index contributed by atoms with van der Waals surface area (Å²) in [4.78, 5) is 2.67. The van der Waals surface area contributed by atoms with Crippen LogP contribution in [0.5, 0.6) is 0 Å². The van der Waals surface area contributed by atoms with Gasteiger partial charge in [-0.15, -0.1) is 0 Å². The normalized spacial score (nSPS) is 15.3. The van der Waals surface area contributed by atoms with Crippen molar-refractivity contribution in [2.45, 2.75) is 174 Å². The van der Waals surface area contributed by atoms with Crippen LogP contribution in [0.1, 0.15) is 174 Å². The van der Waals surface area contributed by atoms with E-state index in [2.05, 4.69) is 37.5 Å². The summed E-state index contributed by atoms with van der Waals surface area (Å²) >= 11 is 0. The molecule has 1 saturated heterocycles. The maximum atomic E-state index is 4.44. The van der Waals surface area contributed by atoms with Crippen molar-refractivity contribution in [3.8, 4) is 0 Å². The number of hydrogen-bond donors (Lipinski definition) is 0. The zero-order chi connectivity index (χ0) is 25.9. The zero-order valence-electron chi connectivity index (χ0n) is 25.2. The Labute approximate surface area is 229 Å². The van der Waals surface area contributed by atoms with Crippen molar-refractivity contribution in [3.05, 3.63) is 24.3 Å². The number of allylic oxidation sites excluding steroid dienone is 3. The molecule has 1 heteroatoms. The Bertz CT molecular complexity index is 487. The van der Waals surface area contributed by atoms with Crippen LogP contribution in [0.25, 0.3) is 0 Å². The largest absolute Gasteiger partial charge is 0.303 e. The number of rotatable bonds is 27. The van der Waals surface area contributed by atoms with Crippen LogP contribution in [0.2, 0.25) is 0 Å². The van der Waals surface area contributed by atoms with Crippen LogP contribution in [0, 0.1) is 5.92 Å². The molecule has 0 bridgehead atoms. The monoisotopic (exact) mass is 502 g/mol. The molecule has 1 atom stereocenters. The lowest BCUT2D eigenvalue weighted by atomic mass is 9.89. The van der Waals surface area contributed by atoms with Gasteiger partial charge in [0.05, 0.1) is 0 Å². The molecule has 0 saturated carbocycles. The van der Waals surface area contributed by atoms with Gasteiger partial charge < -0.3 is 4.90 Å². The Kier molecular flexibility index (Phi) is 24.2. The number of hydrogen-bond acceptors (Lipinski definition) is 1. The first-order chi connectivity index (χ1) is 17.8. The van der Waals surface area contributed by atoms with Crippen molar-refractivity contribution in [1.82, 2.24) is 4.90 Å². The molecule has 0 radical (unpaired) electrons. The SMILES string of the molecule is C=C(CCCCCCCCCC/C=C\CCCCC)CCC(CCC)CCCCCCN1CCCC1. The van der Waals surface area contributed by atoms with Gasteiger partial charge in [0.25, 0.3) is 0 Å². The van der Waals surface area contributed by atoms with Gasteiger partial charge in [-0.1, -0.05) is 128 Å². The highest BCUT2D eigenvalue weighted by Gasteiger charge is 2.11. The highest BCUT2D eigenvalue weighted by atomic mass is 15.1. The highest BCUT2D eigenvalue weighted by molar-refractivity contribution is 4.94. The van der Waals surface area contributed by atoms with Crippen LogP contribution in [0.3, 0.4) is 0 Å². The first kappa shape index (κ1) is 33.5. The molecule has 0 amide bonds. The third-order valence-electron chi connectivity index (χ3n) is 8.43. The molecule has 0 aromatic rings. The maximum absolute atomic E-state index is 4.44. The third-order valence-corrected chi connectivity index (χ3v) is 8.43. The van der Waals surface area contributed by atoms with E-state index in [4.69, 9.17) is 0 Å². The van der Waals surface area contributed by atoms with Gasteiger partial charge in [0.1, 0.15) is 0 Å². The summed E-state index contributed by atoms with van der Waals surface area (Å²) in [7, 11) is 0. The van der Waals surface area contributed by atoms with Gasteiger partial charge in [0, 0.05) is 0 Å². The van der Waals surface area contributed by atoms with E-state index < -0.39 is 0 Å². The topological polar surface area (TPSA) is 3.24 Å². The second-order valence-corrected chi connectivity index (χ2v) is 12.0. The molecule has 0 aromatic carbocycles. The van der Waals surface area contributed by atoms with E-state index in [1.165, 1.54) is 186 Å². The smallest absolute Gasteiger partial charge is 0.00183 e. The molecule has 0 N–H and O–H groups in total. The first-order valence-corrected chi connectivity index (χ1v) is 16.8. The zero-order valence-corrected chi connectivity index (χ0v) is 25.2. The first-order valence-electron chi connectivity index (χ1n) is 16.8. The Morgan fingerprint density at radius 1 is 0.611 bits per heavy atom. The van der Waals surface area contributed by atoms with Gasteiger partial charge in [-0.05, 0) is 96.2 Å². The second-order valence-electron chi connectivity index (χ2n) is 12.0. The van der Waals surface area contributed by atoms with Crippen molar-refractivity contribution in [3.63, 3.8) is 0 Å². The highest BCUT2D eigenvalue weighted by Crippen LogP contribution is 2.25. The fourth-order valence-corrected chi connectivity index (χ4v) is 5.95. The molecule has 1 fully saturated rings. The summed E-state index contributed by atoms with van der Waals surface area (Å²) in [5.41, 5.74) is 1.53. The number of likely N-dealkylation sites (tertiary alicyclic amines) is 1. The van der Waals surface area contributed by atoms with Crippen molar-refractivity contribution in [2.75, 3.05) is 19.6 Å². The predicted molar refractivity (Wildman–Crippen MR) is 165 cm³/mol. The molecule has 0 spiro atoms. The summed E-state index contributed by atoms with van der Waals surface area (Å²) < 4.78 is 0. The van der Waals surface area contributed by atoms with Gasteiger partial charge in [-0.25, -0.2) is 0 Å². The van der Waals surface area contributed by atoms with Gasteiger partial charge in [-0.3, -0.25) is 0 Å². The Morgan fingerprint density at radius 2 is 1.19 bits per heavy atom. The van der Waals surface area contributed by atoms with Crippen molar-refractivity contribution in [1.29, 1.82) is 0 Å². The van der Waals surface area contributed by atoms with E-state index in [1.807, 2.05) is 0 Å². The predicted octanol–water partition coefficient (Wildman–Crippen LogP) is 11.8. The van der Waals surface area contributed by atoms with Crippen molar-refractivity contribution >= 4 is 0 Å². The fraction of sp³-hybridized carbons (Fsp3) is 0.886. The van der Waals surface area contributed by atoms with Gasteiger partial charge in [0.15, 0.2) is 0 Å². The lowest BCUT2D eigenvalue weighted by Gasteiger charge is -2.17. The lowest BCUT2D eigenvalue weighted by molar-refractivity contribution is 0.325. The van der Waals surface area contributed by atoms with E-state index in [-0.39, 0.29) is 0 Å². The average Bonchev–Trinajstić information content (AvgIpc) is 3.40. The minimum atomic E-state index is 0.946. The molecule has 212 valence electrons. The molecule has 1 heterocycles. The summed E-state index contributed by atoms with van der Waals surface area (Å²) in [5, 5.41) is 0.